The van der Waals surface area contributed by atoms with E-state index in [1.54, 1.807) is 12.1 Å². The molecule has 8 heavy (non-hydrogen) atoms. The van der Waals surface area contributed by atoms with Gasteiger partial charge in [0.25, 0.3) is 0 Å². The minimum absolute atomic E-state index is 0.0995. The first-order chi connectivity index (χ1) is 3.79. The predicted molar refractivity (Wildman–Crippen MR) is 31.5 cm³/mol. The number of rotatable bonds is 0. The molecule has 0 fully saturated rings. The average molecular weight is 108 g/mol. The SMILES string of the molecule is [CH2]c1cccc(=O)[nH]1. The van der Waals surface area contributed by atoms with Gasteiger partial charge in [-0.25, -0.2) is 0 Å². The summed E-state index contributed by atoms with van der Waals surface area (Å²) in [6, 6.07) is 4.86. The van der Waals surface area contributed by atoms with Gasteiger partial charge in [0.15, 0.2) is 0 Å². The monoisotopic (exact) mass is 108 g/mol. The third-order valence-electron chi connectivity index (χ3n) is 0.829. The smallest absolute Gasteiger partial charge is 0.248 e. The fourth-order valence-corrected chi connectivity index (χ4v) is 0.493. The number of nitrogens with one attached hydrogen (secondary N) is 1. The first-order valence-corrected chi connectivity index (χ1v) is 2.30. The van der Waals surface area contributed by atoms with Gasteiger partial charge in [-0.05, 0) is 13.0 Å². The maximum atomic E-state index is 10.4. The quantitative estimate of drug-likeness (QED) is 0.517. The van der Waals surface area contributed by atoms with Gasteiger partial charge in [-0.2, -0.15) is 0 Å². The topological polar surface area (TPSA) is 32.9 Å². The Morgan fingerprint density at radius 1 is 1.50 bits per heavy atom. The lowest BCUT2D eigenvalue weighted by Crippen LogP contribution is -2.02. The molecule has 0 atom stereocenters. The molecule has 2 heteroatoms. The second-order valence-corrected chi connectivity index (χ2v) is 1.54. The minimum atomic E-state index is -0.0995. The summed E-state index contributed by atoms with van der Waals surface area (Å²) >= 11 is 0. The van der Waals surface area contributed by atoms with Gasteiger partial charge in [-0.1, -0.05) is 6.07 Å². The van der Waals surface area contributed by atoms with Crippen molar-refractivity contribution < 1.29 is 0 Å². The number of aromatic amines is 1. The molecule has 0 saturated heterocycles. The van der Waals surface area contributed by atoms with Gasteiger partial charge >= 0.3 is 0 Å². The summed E-state index contributed by atoms with van der Waals surface area (Å²) in [6.45, 7) is 3.53. The zero-order valence-corrected chi connectivity index (χ0v) is 4.35. The molecular weight excluding hydrogens is 102 g/mol. The highest BCUT2D eigenvalue weighted by molar-refractivity contribution is 5.05. The molecule has 41 valence electrons. The average Bonchev–Trinajstić information content (AvgIpc) is 1.64. The highest BCUT2D eigenvalue weighted by atomic mass is 16.1. The molecular formula is C6H6NO. The van der Waals surface area contributed by atoms with Gasteiger partial charge in [-0.15, -0.1) is 0 Å². The van der Waals surface area contributed by atoms with Crippen LogP contribution in [0.25, 0.3) is 0 Å². The Morgan fingerprint density at radius 3 is 2.62 bits per heavy atom. The standard InChI is InChI=1S/C6H6NO/c1-5-3-2-4-6(8)7-5/h2-4H,1H2,(H,7,8). The number of hydrogen-bond donors (Lipinski definition) is 1. The molecule has 0 aliphatic carbocycles. The summed E-state index contributed by atoms with van der Waals surface area (Å²) in [5, 5.41) is 0. The molecule has 1 heterocycles. The van der Waals surface area contributed by atoms with Crippen LogP contribution in [0.1, 0.15) is 5.69 Å². The fraction of sp³-hybridized carbons (Fsp3) is 0. The van der Waals surface area contributed by atoms with E-state index in [1.807, 2.05) is 0 Å². The number of aromatic nitrogens is 1. The Bertz CT molecular complexity index is 226. The predicted octanol–water partition coefficient (Wildman–Crippen LogP) is 0.557. The number of pyridine rings is 1. The highest BCUT2D eigenvalue weighted by Crippen LogP contribution is 1.81. The molecule has 0 unspecified atom stereocenters. The molecule has 0 amide bonds. The lowest BCUT2D eigenvalue weighted by atomic mass is 10.4. The zero-order chi connectivity index (χ0) is 5.98. The maximum Gasteiger partial charge on any atom is 0.248 e. The maximum absolute atomic E-state index is 10.4. The van der Waals surface area contributed by atoms with E-state index >= 15 is 0 Å². The molecule has 0 aliphatic rings. The first-order valence-electron chi connectivity index (χ1n) is 2.30. The molecule has 0 spiro atoms. The van der Waals surface area contributed by atoms with Crippen LogP contribution < -0.4 is 5.56 Å². The van der Waals surface area contributed by atoms with Crippen LogP contribution >= 0.6 is 0 Å². The Kier molecular flexibility index (Phi) is 1.16. The van der Waals surface area contributed by atoms with Crippen molar-refractivity contribution >= 4 is 0 Å². The van der Waals surface area contributed by atoms with Crippen LogP contribution in [0.15, 0.2) is 23.0 Å². The second kappa shape index (κ2) is 1.82. The van der Waals surface area contributed by atoms with Crippen molar-refractivity contribution in [3.05, 3.63) is 41.2 Å². The van der Waals surface area contributed by atoms with E-state index < -0.39 is 0 Å². The molecule has 2 nitrogen and oxygen atoms in total. The van der Waals surface area contributed by atoms with Gasteiger partial charge in [0.2, 0.25) is 5.56 Å². The Balaban J connectivity index is 3.28. The van der Waals surface area contributed by atoms with E-state index in [4.69, 9.17) is 0 Å². The summed E-state index contributed by atoms with van der Waals surface area (Å²) in [5.74, 6) is 0. The second-order valence-electron chi connectivity index (χ2n) is 1.54. The molecule has 1 aromatic heterocycles. The van der Waals surface area contributed by atoms with Crippen LogP contribution in [0.2, 0.25) is 0 Å². The van der Waals surface area contributed by atoms with Gasteiger partial charge in [0, 0.05) is 11.8 Å². The van der Waals surface area contributed by atoms with E-state index in [0.717, 1.165) is 0 Å². The van der Waals surface area contributed by atoms with E-state index in [-0.39, 0.29) is 5.56 Å². The van der Waals surface area contributed by atoms with E-state index in [0.29, 0.717) is 5.69 Å². The molecule has 0 aromatic carbocycles. The third kappa shape index (κ3) is 0.964. The third-order valence-corrected chi connectivity index (χ3v) is 0.829. The largest absolute Gasteiger partial charge is 0.326 e. The summed E-state index contributed by atoms with van der Waals surface area (Å²) in [5.41, 5.74) is 0.551. The molecule has 0 bridgehead atoms. The summed E-state index contributed by atoms with van der Waals surface area (Å²) in [7, 11) is 0. The van der Waals surface area contributed by atoms with Crippen molar-refractivity contribution in [1.82, 2.24) is 4.98 Å². The van der Waals surface area contributed by atoms with Gasteiger partial charge < -0.3 is 4.98 Å². The zero-order valence-electron chi connectivity index (χ0n) is 4.35. The van der Waals surface area contributed by atoms with E-state index in [1.165, 1.54) is 6.07 Å². The fourth-order valence-electron chi connectivity index (χ4n) is 0.493. The number of hydrogen-bond acceptors (Lipinski definition) is 1. The van der Waals surface area contributed by atoms with Crippen molar-refractivity contribution in [2.24, 2.45) is 0 Å². The van der Waals surface area contributed by atoms with Gasteiger partial charge in [0.05, 0.1) is 0 Å². The first kappa shape index (κ1) is 5.09. The Hall–Kier alpha value is -1.05. The van der Waals surface area contributed by atoms with Gasteiger partial charge in [-0.3, -0.25) is 4.79 Å². The Morgan fingerprint density at radius 2 is 2.25 bits per heavy atom. The number of H-pyrrole nitrogens is 1. The van der Waals surface area contributed by atoms with Crippen LogP contribution in [0, 0.1) is 6.92 Å². The molecule has 1 radical (unpaired) electrons. The lowest BCUT2D eigenvalue weighted by molar-refractivity contribution is 1.19. The molecule has 1 aromatic rings. The minimum Gasteiger partial charge on any atom is -0.326 e. The summed E-state index contributed by atoms with van der Waals surface area (Å²) < 4.78 is 0. The summed E-state index contributed by atoms with van der Waals surface area (Å²) in [6.07, 6.45) is 0. The Labute approximate surface area is 47.2 Å². The molecule has 0 aliphatic heterocycles. The van der Waals surface area contributed by atoms with Crippen molar-refractivity contribution in [3.8, 4) is 0 Å². The van der Waals surface area contributed by atoms with Crippen molar-refractivity contribution in [2.75, 3.05) is 0 Å². The highest BCUT2D eigenvalue weighted by Gasteiger charge is 1.79. The lowest BCUT2D eigenvalue weighted by Gasteiger charge is -1.84. The van der Waals surface area contributed by atoms with Gasteiger partial charge in [0.1, 0.15) is 0 Å². The van der Waals surface area contributed by atoms with E-state index in [2.05, 4.69) is 11.9 Å². The molecule has 0 saturated carbocycles. The van der Waals surface area contributed by atoms with Crippen LogP contribution in [0.4, 0.5) is 0 Å². The molecule has 1 N–H and O–H groups in total. The van der Waals surface area contributed by atoms with Crippen molar-refractivity contribution in [2.45, 2.75) is 0 Å². The molecule has 1 rings (SSSR count). The van der Waals surface area contributed by atoms with Crippen molar-refractivity contribution in [3.63, 3.8) is 0 Å². The van der Waals surface area contributed by atoms with Crippen molar-refractivity contribution in [1.29, 1.82) is 0 Å². The summed E-state index contributed by atoms with van der Waals surface area (Å²) in [4.78, 5) is 12.9. The van der Waals surface area contributed by atoms with E-state index in [9.17, 15) is 4.79 Å². The van der Waals surface area contributed by atoms with Crippen LogP contribution in [0.3, 0.4) is 0 Å². The van der Waals surface area contributed by atoms with Crippen LogP contribution in [0.5, 0.6) is 0 Å². The van der Waals surface area contributed by atoms with Crippen LogP contribution in [-0.2, 0) is 0 Å². The normalized spacial score (nSPS) is 9.12. The van der Waals surface area contributed by atoms with Crippen LogP contribution in [-0.4, -0.2) is 4.98 Å².